The first kappa shape index (κ1) is 20.7. The highest BCUT2D eigenvalue weighted by Crippen LogP contribution is 2.31. The summed E-state index contributed by atoms with van der Waals surface area (Å²) in [5, 5.41) is 6.61. The van der Waals surface area contributed by atoms with E-state index < -0.39 is 11.9 Å². The van der Waals surface area contributed by atoms with Crippen LogP contribution in [0.3, 0.4) is 0 Å². The molecule has 4 N–H and O–H groups in total. The van der Waals surface area contributed by atoms with E-state index in [1.807, 2.05) is 62.4 Å². The Bertz CT molecular complexity index is 999. The molecule has 150 valence electrons. The second-order valence-corrected chi connectivity index (χ2v) is 7.89. The van der Waals surface area contributed by atoms with Gasteiger partial charge in [0.1, 0.15) is 6.04 Å². The summed E-state index contributed by atoms with van der Waals surface area (Å²) in [5.41, 5.74) is 10.5. The number of hydrogen-bond acceptors (Lipinski definition) is 5. The summed E-state index contributed by atoms with van der Waals surface area (Å²) in [6.45, 7) is 5.77. The molecule has 0 saturated heterocycles. The predicted molar refractivity (Wildman–Crippen MR) is 119 cm³/mol. The molecule has 2 amide bonds. The number of benzene rings is 2. The van der Waals surface area contributed by atoms with E-state index in [0.717, 1.165) is 22.4 Å². The van der Waals surface area contributed by atoms with Gasteiger partial charge in [-0.05, 0) is 38.0 Å². The summed E-state index contributed by atoms with van der Waals surface area (Å²) in [5.74, 6) is -0.436. The Morgan fingerprint density at radius 2 is 1.86 bits per heavy atom. The van der Waals surface area contributed by atoms with Crippen molar-refractivity contribution >= 4 is 34.4 Å². The van der Waals surface area contributed by atoms with Gasteiger partial charge < -0.3 is 16.4 Å². The van der Waals surface area contributed by atoms with Crippen LogP contribution in [-0.4, -0.2) is 22.7 Å². The lowest BCUT2D eigenvalue weighted by molar-refractivity contribution is -0.115. The largest absolute Gasteiger partial charge is 0.366 e. The van der Waals surface area contributed by atoms with E-state index in [1.165, 1.54) is 11.8 Å². The number of aryl methyl sites for hydroxylation is 2. The first-order chi connectivity index (χ1) is 13.8. The fourth-order valence-electron chi connectivity index (χ4n) is 3.19. The topological polar surface area (TPSA) is 96.6 Å². The molecule has 1 atom stereocenters. The molecule has 0 unspecified atom stereocenters. The van der Waals surface area contributed by atoms with Gasteiger partial charge in [0.25, 0.3) is 0 Å². The molecule has 1 aliphatic heterocycles. The van der Waals surface area contributed by atoms with Crippen molar-refractivity contribution in [2.24, 2.45) is 10.7 Å². The zero-order chi connectivity index (χ0) is 21.0. The van der Waals surface area contributed by atoms with Gasteiger partial charge in [0.15, 0.2) is 5.17 Å². The third kappa shape index (κ3) is 5.06. The number of rotatable bonds is 5. The summed E-state index contributed by atoms with van der Waals surface area (Å²) in [6, 6.07) is 14.9. The molecule has 2 aromatic rings. The molecule has 0 aromatic heterocycles. The molecule has 0 bridgehead atoms. The van der Waals surface area contributed by atoms with Crippen LogP contribution in [0, 0.1) is 13.8 Å². The second-order valence-electron chi connectivity index (χ2n) is 6.93. The van der Waals surface area contributed by atoms with Crippen LogP contribution in [0.25, 0.3) is 0 Å². The summed E-state index contributed by atoms with van der Waals surface area (Å²) in [6.07, 6.45) is 0. The Morgan fingerprint density at radius 1 is 1.14 bits per heavy atom. The van der Waals surface area contributed by atoms with Crippen LogP contribution in [-0.2, 0) is 9.59 Å². The maximum absolute atomic E-state index is 12.4. The van der Waals surface area contributed by atoms with Crippen molar-refractivity contribution < 1.29 is 9.59 Å². The maximum atomic E-state index is 12.4. The highest BCUT2D eigenvalue weighted by Gasteiger charge is 2.28. The van der Waals surface area contributed by atoms with Crippen LogP contribution in [0.2, 0.25) is 0 Å². The van der Waals surface area contributed by atoms with Gasteiger partial charge in [-0.1, -0.05) is 59.8 Å². The van der Waals surface area contributed by atoms with Crippen LogP contribution < -0.4 is 16.4 Å². The fourth-order valence-corrected chi connectivity index (χ4v) is 3.94. The molecule has 7 heteroatoms. The smallest absolute Gasteiger partial charge is 0.248 e. The van der Waals surface area contributed by atoms with Gasteiger partial charge in [-0.25, -0.2) is 4.99 Å². The molecule has 0 radical (unpaired) electrons. The normalized spacial score (nSPS) is 16.1. The van der Waals surface area contributed by atoms with E-state index in [1.54, 1.807) is 6.92 Å². The molecule has 3 rings (SSSR count). The average molecular weight is 409 g/mol. The van der Waals surface area contributed by atoms with Gasteiger partial charge in [-0.3, -0.25) is 9.59 Å². The standard InChI is InChI=1S/C22H24N4O2S/c1-13-9-10-17(14(2)11-13)25-18(27)12-29-22-24-15(3)19(21(23)28)20(26-22)16-7-5-4-6-8-16/h4-11,20H,12H2,1-3H3,(H2,23,28)(H,24,26)(H,25,27)/t20-/m0/s1. The Kier molecular flexibility index (Phi) is 6.39. The van der Waals surface area contributed by atoms with Crippen molar-refractivity contribution in [3.05, 3.63) is 76.5 Å². The van der Waals surface area contributed by atoms with Crippen molar-refractivity contribution in [1.82, 2.24) is 5.32 Å². The average Bonchev–Trinajstić information content (AvgIpc) is 2.68. The monoisotopic (exact) mass is 408 g/mol. The molecule has 29 heavy (non-hydrogen) atoms. The third-order valence-electron chi connectivity index (χ3n) is 4.59. The molecule has 6 nitrogen and oxygen atoms in total. The lowest BCUT2D eigenvalue weighted by Gasteiger charge is -2.25. The number of carbonyl (C=O) groups is 2. The number of nitrogens with zero attached hydrogens (tertiary/aromatic N) is 1. The number of allylic oxidation sites excluding steroid dienone is 1. The van der Waals surface area contributed by atoms with E-state index >= 15 is 0 Å². The number of amidine groups is 1. The molecule has 1 aliphatic rings. The van der Waals surface area contributed by atoms with E-state index in [9.17, 15) is 9.59 Å². The molecular weight excluding hydrogens is 384 g/mol. The summed E-state index contributed by atoms with van der Waals surface area (Å²) in [7, 11) is 0. The Balaban J connectivity index is 1.72. The van der Waals surface area contributed by atoms with Crippen molar-refractivity contribution in [2.45, 2.75) is 26.8 Å². The minimum absolute atomic E-state index is 0.120. The summed E-state index contributed by atoms with van der Waals surface area (Å²) < 4.78 is 0. The number of nitrogens with two attached hydrogens (primary N) is 1. The number of anilines is 1. The molecule has 2 aromatic carbocycles. The van der Waals surface area contributed by atoms with E-state index in [-0.39, 0.29) is 11.7 Å². The quantitative estimate of drug-likeness (QED) is 0.706. The fraction of sp³-hybridized carbons (Fsp3) is 0.227. The minimum atomic E-state index is -0.510. The first-order valence-corrected chi connectivity index (χ1v) is 10.2. The van der Waals surface area contributed by atoms with Crippen LogP contribution in [0.1, 0.15) is 29.7 Å². The molecular formula is C22H24N4O2S. The van der Waals surface area contributed by atoms with Gasteiger partial charge in [0.2, 0.25) is 11.8 Å². The van der Waals surface area contributed by atoms with Crippen molar-refractivity contribution in [3.63, 3.8) is 0 Å². The van der Waals surface area contributed by atoms with E-state index in [4.69, 9.17) is 5.73 Å². The van der Waals surface area contributed by atoms with Crippen molar-refractivity contribution in [1.29, 1.82) is 0 Å². The summed E-state index contributed by atoms with van der Waals surface area (Å²) in [4.78, 5) is 29.0. The lowest BCUT2D eigenvalue weighted by Crippen LogP contribution is -2.33. The zero-order valence-electron chi connectivity index (χ0n) is 16.7. The van der Waals surface area contributed by atoms with E-state index in [2.05, 4.69) is 15.6 Å². The van der Waals surface area contributed by atoms with Gasteiger partial charge in [-0.15, -0.1) is 0 Å². The van der Waals surface area contributed by atoms with Gasteiger partial charge in [0.05, 0.1) is 11.3 Å². The molecule has 0 fully saturated rings. The number of thioether (sulfide) groups is 1. The first-order valence-electron chi connectivity index (χ1n) is 9.25. The second kappa shape index (κ2) is 8.96. The summed E-state index contributed by atoms with van der Waals surface area (Å²) >= 11 is 1.29. The zero-order valence-corrected chi connectivity index (χ0v) is 17.5. The molecule has 0 saturated carbocycles. The number of nitrogens with one attached hydrogen (secondary N) is 2. The number of carbonyl (C=O) groups excluding carboxylic acids is 2. The Hall–Kier alpha value is -3.06. The molecule has 0 spiro atoms. The molecule has 0 aliphatic carbocycles. The highest BCUT2D eigenvalue weighted by molar-refractivity contribution is 8.14. The predicted octanol–water partition coefficient (Wildman–Crippen LogP) is 3.43. The number of primary amides is 1. The van der Waals surface area contributed by atoms with Gasteiger partial charge >= 0.3 is 0 Å². The lowest BCUT2D eigenvalue weighted by atomic mass is 9.96. The van der Waals surface area contributed by atoms with Crippen LogP contribution >= 0.6 is 11.8 Å². The van der Waals surface area contributed by atoms with Crippen molar-refractivity contribution in [2.75, 3.05) is 11.1 Å². The number of hydrogen-bond donors (Lipinski definition) is 3. The Labute approximate surface area is 174 Å². The minimum Gasteiger partial charge on any atom is -0.366 e. The highest BCUT2D eigenvalue weighted by atomic mass is 32.2. The van der Waals surface area contributed by atoms with Gasteiger partial charge in [-0.2, -0.15) is 0 Å². The van der Waals surface area contributed by atoms with Gasteiger partial charge in [0, 0.05) is 11.4 Å². The number of amides is 2. The van der Waals surface area contributed by atoms with Crippen LogP contribution in [0.4, 0.5) is 5.69 Å². The third-order valence-corrected chi connectivity index (χ3v) is 5.48. The number of aliphatic imine (C=N–C) groups is 1. The SMILES string of the molecule is CC1=C(C(N)=O)[C@H](c2ccccc2)N=C(SCC(=O)Nc2ccc(C)cc2C)N1. The maximum Gasteiger partial charge on any atom is 0.248 e. The van der Waals surface area contributed by atoms with Crippen LogP contribution in [0.5, 0.6) is 0 Å². The van der Waals surface area contributed by atoms with Crippen LogP contribution in [0.15, 0.2) is 64.8 Å². The van der Waals surface area contributed by atoms with E-state index in [0.29, 0.717) is 16.4 Å². The molecule has 1 heterocycles. The Morgan fingerprint density at radius 3 is 2.52 bits per heavy atom. The van der Waals surface area contributed by atoms with Crippen molar-refractivity contribution in [3.8, 4) is 0 Å².